The van der Waals surface area contributed by atoms with E-state index < -0.39 is 106 Å². The molecule has 0 aliphatic heterocycles. The van der Waals surface area contributed by atoms with E-state index in [9.17, 15) is 40.0 Å². The van der Waals surface area contributed by atoms with Crippen LogP contribution in [0.3, 0.4) is 0 Å². The number of aromatic nitrogens is 6. The largest absolute Gasteiger partial charge is 0.351 e. The van der Waals surface area contributed by atoms with Gasteiger partial charge in [0.05, 0.1) is 33.6 Å². The molecule has 2 aliphatic rings. The number of nitrogens with zero attached hydrogens (tertiary/aromatic N) is 6. The Morgan fingerprint density at radius 2 is 1.70 bits per heavy atom. The second-order valence-corrected chi connectivity index (χ2v) is 16.8. The van der Waals surface area contributed by atoms with Crippen molar-refractivity contribution >= 4 is 44.3 Å². The fourth-order valence-corrected chi connectivity index (χ4v) is 8.68. The summed E-state index contributed by atoms with van der Waals surface area (Å²) in [6, 6.07) is 7.26. The van der Waals surface area contributed by atoms with Gasteiger partial charge in [-0.05, 0) is 60.7 Å². The molecule has 1 saturated carbocycles. The van der Waals surface area contributed by atoms with Gasteiger partial charge in [0.15, 0.2) is 5.82 Å². The average Bonchev–Trinajstić information content (AvgIpc) is 3.67. The molecule has 8 rings (SSSR count). The number of hydrogen-bond donors (Lipinski definition) is 2. The van der Waals surface area contributed by atoms with E-state index in [1.165, 1.54) is 23.9 Å². The second-order valence-electron chi connectivity index (χ2n) is 14.6. The predicted octanol–water partition coefficient (Wildman–Crippen LogP) is 6.68. The minimum atomic E-state index is -3.92. The highest BCUT2D eigenvalue weighted by molar-refractivity contribution is 7.92. The zero-order valence-electron chi connectivity index (χ0n) is 31.0. The molecule has 0 bridgehead atoms. The third-order valence-electron chi connectivity index (χ3n) is 10.3. The summed E-state index contributed by atoms with van der Waals surface area (Å²) in [6.45, 7) is -0.984. The molecule has 1 fully saturated rings. The highest BCUT2D eigenvalue weighted by Crippen LogP contribution is 2.68. The molecule has 0 radical (unpaired) electrons. The van der Waals surface area contributed by atoms with Gasteiger partial charge in [0.1, 0.15) is 47.0 Å². The topological polar surface area (TPSA) is 146 Å². The molecule has 0 saturated heterocycles. The van der Waals surface area contributed by atoms with Crippen LogP contribution in [0.2, 0.25) is 5.02 Å². The number of anilines is 1. The zero-order chi connectivity index (χ0) is 43.2. The van der Waals surface area contributed by atoms with Crippen LogP contribution in [0.4, 0.5) is 40.9 Å². The Morgan fingerprint density at radius 3 is 2.37 bits per heavy atom. The van der Waals surface area contributed by atoms with Gasteiger partial charge in [-0.1, -0.05) is 11.6 Å². The maximum Gasteiger partial charge on any atom is 0.293 e. The fourth-order valence-electron chi connectivity index (χ4n) is 7.94. The number of alkyl halides is 4. The number of hydrogen-bond acceptors (Lipinski definition) is 7. The summed E-state index contributed by atoms with van der Waals surface area (Å²) >= 11 is 6.52. The third-order valence-corrected chi connectivity index (χ3v) is 11.2. The van der Waals surface area contributed by atoms with Crippen LogP contribution in [-0.4, -0.2) is 55.7 Å². The van der Waals surface area contributed by atoms with Crippen molar-refractivity contribution in [2.75, 3.05) is 11.0 Å². The molecule has 3 aromatic carbocycles. The van der Waals surface area contributed by atoms with Gasteiger partial charge in [0, 0.05) is 54.8 Å². The molecule has 314 valence electrons. The van der Waals surface area contributed by atoms with Crippen LogP contribution < -0.4 is 15.6 Å². The number of carbonyl (C=O) groups excluding carboxylic acids is 1. The zero-order valence-corrected chi connectivity index (χ0v) is 32.5. The average molecular weight is 881 g/mol. The molecule has 3 heterocycles. The Hall–Kier alpha value is -5.83. The van der Waals surface area contributed by atoms with Crippen molar-refractivity contribution in [1.29, 1.82) is 0 Å². The van der Waals surface area contributed by atoms with Crippen molar-refractivity contribution in [3.63, 3.8) is 0 Å². The lowest BCUT2D eigenvalue weighted by Gasteiger charge is -2.23. The van der Waals surface area contributed by atoms with Crippen molar-refractivity contribution in [1.82, 2.24) is 34.4 Å². The summed E-state index contributed by atoms with van der Waals surface area (Å²) in [5.74, 6) is -11.2. The Kier molecular flexibility index (Phi) is 10.0. The molecule has 3 aromatic heterocycles. The Bertz CT molecular complexity index is 2920. The second kappa shape index (κ2) is 14.7. The Balaban J connectivity index is 1.26. The molecular formula is C38H29ClF8N8O4S. The van der Waals surface area contributed by atoms with E-state index >= 15 is 13.2 Å². The van der Waals surface area contributed by atoms with Crippen LogP contribution >= 0.6 is 11.6 Å². The molecule has 6 aromatic rings. The molecule has 12 nitrogen and oxygen atoms in total. The van der Waals surface area contributed by atoms with Gasteiger partial charge in [0.2, 0.25) is 15.9 Å². The number of nitrogens with one attached hydrogen (secondary N) is 2. The smallest absolute Gasteiger partial charge is 0.293 e. The van der Waals surface area contributed by atoms with Crippen LogP contribution in [0, 0.1) is 29.2 Å². The van der Waals surface area contributed by atoms with Crippen molar-refractivity contribution in [3.05, 3.63) is 122 Å². The van der Waals surface area contributed by atoms with E-state index in [1.807, 2.05) is 0 Å². The highest BCUT2D eigenvalue weighted by Gasteiger charge is 2.67. The first kappa shape index (κ1) is 40.9. The van der Waals surface area contributed by atoms with E-state index in [-0.39, 0.29) is 62.1 Å². The number of aryl methyl sites for hydroxylation is 1. The Morgan fingerprint density at radius 1 is 0.983 bits per heavy atom. The number of sulfonamides is 1. The van der Waals surface area contributed by atoms with Crippen molar-refractivity contribution in [2.45, 2.75) is 50.1 Å². The summed E-state index contributed by atoms with van der Waals surface area (Å²) in [6.07, 6.45) is -3.31. The number of halogens is 9. The number of amides is 1. The lowest BCUT2D eigenvalue weighted by atomic mass is 10.0. The normalized spacial score (nSPS) is 17.2. The summed E-state index contributed by atoms with van der Waals surface area (Å²) < 4.78 is 146. The fraction of sp³-hybridized carbons (Fsp3) is 0.289. The Labute approximate surface area is 338 Å². The molecular weight excluding hydrogens is 852 g/mol. The first-order valence-corrected chi connectivity index (χ1v) is 20.2. The maximum absolute atomic E-state index is 15.3. The molecule has 60 heavy (non-hydrogen) atoms. The van der Waals surface area contributed by atoms with Gasteiger partial charge < -0.3 is 5.32 Å². The number of rotatable bonds is 12. The highest BCUT2D eigenvalue weighted by atomic mass is 35.5. The molecule has 1 amide bonds. The predicted molar refractivity (Wildman–Crippen MR) is 201 cm³/mol. The van der Waals surface area contributed by atoms with E-state index in [0.717, 1.165) is 41.2 Å². The van der Waals surface area contributed by atoms with Gasteiger partial charge in [0.25, 0.3) is 17.9 Å². The van der Waals surface area contributed by atoms with Gasteiger partial charge in [-0.3, -0.25) is 28.2 Å². The van der Waals surface area contributed by atoms with Gasteiger partial charge >= 0.3 is 0 Å². The van der Waals surface area contributed by atoms with Crippen molar-refractivity contribution < 1.29 is 48.3 Å². The number of benzene rings is 3. The van der Waals surface area contributed by atoms with E-state index in [0.29, 0.717) is 16.8 Å². The van der Waals surface area contributed by atoms with Crippen molar-refractivity contribution in [3.8, 4) is 16.9 Å². The van der Waals surface area contributed by atoms with Gasteiger partial charge in [-0.25, -0.2) is 39.7 Å². The monoisotopic (exact) mass is 880 g/mol. The van der Waals surface area contributed by atoms with Crippen LogP contribution in [0.5, 0.6) is 0 Å². The minimum Gasteiger partial charge on any atom is -0.351 e. The summed E-state index contributed by atoms with van der Waals surface area (Å²) in [5.41, 5.74) is -3.48. The van der Waals surface area contributed by atoms with Gasteiger partial charge in [-0.15, -0.1) is 0 Å². The molecule has 2 N–H and O–H groups in total. The SMILES string of the molecule is Cn1nc(NS(C)(=O)=O)c2c(Cl)ccc(-n3c(C[C@H](Cc4cc(F)cc(F)c4)NC(=O)Cn4nc(C(F)F)c5c4C(F)(F)[C@@H]4C[C@H]54)nc(-c4ccc(F)cc4F)cc3=O)c21. The van der Waals surface area contributed by atoms with Crippen LogP contribution in [0.15, 0.2) is 59.4 Å². The number of carbonyl (C=O) groups is 1. The summed E-state index contributed by atoms with van der Waals surface area (Å²) in [4.78, 5) is 32.6. The molecule has 0 unspecified atom stereocenters. The van der Waals surface area contributed by atoms with Crippen LogP contribution in [0.1, 0.15) is 47.1 Å². The van der Waals surface area contributed by atoms with E-state index in [1.54, 1.807) is 0 Å². The standard InChI is InChI=1S/C38H29ClF8N8O4S/c1-53-34-27(6-5-24(39)32(34)37(51-53)52-60(2,58)59)55-28(49-26(14-30(55)57)21-4-3-17(40)11-25(21)43)12-20(9-16-7-18(41)10-19(42)8-16)48-29(56)15-54-35-31(33(50-54)36(44)45)22-13-23(22)38(35,46)47/h3-8,10-11,14,20,22-23,36H,9,12-13,15H2,1-2H3,(H,48,56)(H,51,52)/t20-,22-,23+/m0/s1. The first-order valence-electron chi connectivity index (χ1n) is 17.9. The van der Waals surface area contributed by atoms with Gasteiger partial charge in [-0.2, -0.15) is 19.0 Å². The lowest BCUT2D eigenvalue weighted by Crippen LogP contribution is -2.42. The first-order chi connectivity index (χ1) is 28.2. The molecule has 0 spiro atoms. The van der Waals surface area contributed by atoms with E-state index in [4.69, 9.17) is 11.6 Å². The summed E-state index contributed by atoms with van der Waals surface area (Å²) in [7, 11) is -2.50. The number of fused-ring (bicyclic) bond motifs is 4. The van der Waals surface area contributed by atoms with Crippen molar-refractivity contribution in [2.24, 2.45) is 13.0 Å². The summed E-state index contributed by atoms with van der Waals surface area (Å²) in [5, 5.41) is 10.5. The van der Waals surface area contributed by atoms with E-state index in [2.05, 4.69) is 25.2 Å². The van der Waals surface area contributed by atoms with Crippen LogP contribution in [0.25, 0.3) is 27.8 Å². The third kappa shape index (κ3) is 7.48. The van der Waals surface area contributed by atoms with Crippen LogP contribution in [-0.2, 0) is 47.2 Å². The molecule has 22 heteroatoms. The molecule has 2 aliphatic carbocycles. The minimum absolute atomic E-state index is 0.00168. The lowest BCUT2D eigenvalue weighted by molar-refractivity contribution is -0.122. The molecule has 3 atom stereocenters. The quantitative estimate of drug-likeness (QED) is 0.131. The maximum atomic E-state index is 15.3.